The molecule has 2 rings (SSSR count). The van der Waals surface area contributed by atoms with E-state index in [9.17, 15) is 9.36 Å². The average Bonchev–Trinajstić information content (AvgIpc) is 3.07. The predicted molar refractivity (Wildman–Crippen MR) is 58.3 cm³/mol. The van der Waals surface area contributed by atoms with Crippen molar-refractivity contribution in [2.75, 3.05) is 12.8 Å². The van der Waals surface area contributed by atoms with E-state index in [0.29, 0.717) is 11.3 Å². The van der Waals surface area contributed by atoms with Gasteiger partial charge in [-0.1, -0.05) is 5.92 Å². The Morgan fingerprint density at radius 2 is 1.87 bits per heavy atom. The zero-order valence-electron chi connectivity index (χ0n) is 8.65. The van der Waals surface area contributed by atoms with Gasteiger partial charge in [0, 0.05) is 11.3 Å². The number of ether oxygens (including phenoxy) is 1. The second-order valence-corrected chi connectivity index (χ2v) is 7.82. The Labute approximate surface area is 89.9 Å². The molecule has 3 nitrogen and oxygen atoms in total. The molecule has 4 heteroatoms. The average molecular weight is 226 g/mol. The van der Waals surface area contributed by atoms with Crippen LogP contribution in [0.25, 0.3) is 0 Å². The molecule has 0 aliphatic heterocycles. The Kier molecular flexibility index (Phi) is 2.89. The Morgan fingerprint density at radius 1 is 1.33 bits per heavy atom. The summed E-state index contributed by atoms with van der Waals surface area (Å²) in [6, 6.07) is 0. The molecule has 2 saturated carbocycles. The summed E-state index contributed by atoms with van der Waals surface area (Å²) < 4.78 is 17.4. The van der Waals surface area contributed by atoms with Crippen molar-refractivity contribution >= 4 is 13.1 Å². The van der Waals surface area contributed by atoms with Gasteiger partial charge in [0.05, 0.1) is 6.16 Å². The highest BCUT2D eigenvalue weighted by Gasteiger charge is 2.51. The molecular weight excluding hydrogens is 211 g/mol. The monoisotopic (exact) mass is 226 g/mol. The number of hydrogen-bond acceptors (Lipinski definition) is 3. The largest absolute Gasteiger partial charge is 0.452 e. The van der Waals surface area contributed by atoms with Crippen molar-refractivity contribution in [3.63, 3.8) is 0 Å². The maximum Gasteiger partial charge on any atom is 0.314 e. The number of hydrogen-bond donors (Lipinski definition) is 0. The lowest BCUT2D eigenvalue weighted by Gasteiger charge is -2.15. The van der Waals surface area contributed by atoms with Crippen molar-refractivity contribution in [1.82, 2.24) is 0 Å². The zero-order chi connectivity index (χ0) is 10.9. The number of carbonyl (C=O) groups is 1. The molecule has 0 aromatic carbocycles. The Balaban J connectivity index is 1.92. The Hall–Kier alpha value is -0.740. The SMILES string of the molecule is C#CCOC(=O)CP(=O)(C1CC1)C1CC1. The maximum atomic E-state index is 12.6. The smallest absolute Gasteiger partial charge is 0.314 e. The minimum absolute atomic E-state index is 0.00579. The van der Waals surface area contributed by atoms with E-state index >= 15 is 0 Å². The van der Waals surface area contributed by atoms with Crippen LogP contribution in [0, 0.1) is 12.3 Å². The first-order chi connectivity index (χ1) is 7.16. The lowest BCUT2D eigenvalue weighted by atomic mass is 10.7. The molecule has 0 saturated heterocycles. The van der Waals surface area contributed by atoms with Crippen LogP contribution in [-0.2, 0) is 14.1 Å². The van der Waals surface area contributed by atoms with Crippen molar-refractivity contribution in [2.24, 2.45) is 0 Å². The van der Waals surface area contributed by atoms with Crippen molar-refractivity contribution in [3.05, 3.63) is 0 Å². The highest BCUT2D eigenvalue weighted by molar-refractivity contribution is 7.66. The first-order valence-corrected chi connectivity index (χ1v) is 7.37. The third-order valence-electron chi connectivity index (χ3n) is 3.02. The van der Waals surface area contributed by atoms with Crippen LogP contribution >= 0.6 is 7.14 Å². The molecule has 2 aliphatic carbocycles. The fourth-order valence-corrected chi connectivity index (χ4v) is 5.60. The summed E-state index contributed by atoms with van der Waals surface area (Å²) in [4.78, 5) is 11.4. The summed E-state index contributed by atoms with van der Waals surface area (Å²) in [6.07, 6.45) is 9.20. The van der Waals surface area contributed by atoms with Crippen LogP contribution in [0.2, 0.25) is 0 Å². The van der Waals surface area contributed by atoms with Crippen LogP contribution in [0.5, 0.6) is 0 Å². The minimum atomic E-state index is -2.28. The Morgan fingerprint density at radius 3 is 2.27 bits per heavy atom. The van der Waals surface area contributed by atoms with Crippen molar-refractivity contribution in [1.29, 1.82) is 0 Å². The number of rotatable bonds is 5. The molecule has 0 unspecified atom stereocenters. The van der Waals surface area contributed by atoms with E-state index in [-0.39, 0.29) is 18.7 Å². The quantitative estimate of drug-likeness (QED) is 0.408. The fraction of sp³-hybridized carbons (Fsp3) is 0.727. The van der Waals surface area contributed by atoms with Gasteiger partial charge < -0.3 is 9.30 Å². The molecule has 0 amide bonds. The van der Waals surface area contributed by atoms with E-state index in [1.54, 1.807) is 0 Å². The van der Waals surface area contributed by atoms with Crippen LogP contribution < -0.4 is 0 Å². The molecule has 0 heterocycles. The minimum Gasteiger partial charge on any atom is -0.452 e. The molecule has 15 heavy (non-hydrogen) atoms. The van der Waals surface area contributed by atoms with Crippen LogP contribution in [0.1, 0.15) is 25.7 Å². The molecule has 0 spiro atoms. The second-order valence-electron chi connectivity index (χ2n) is 4.34. The van der Waals surface area contributed by atoms with Gasteiger partial charge in [-0.25, -0.2) is 0 Å². The molecule has 0 aromatic heterocycles. The first kappa shape index (κ1) is 10.8. The molecule has 82 valence electrons. The molecule has 0 aromatic rings. The molecule has 2 aliphatic rings. The maximum absolute atomic E-state index is 12.6. The number of carbonyl (C=O) groups excluding carboxylic acids is 1. The third-order valence-corrected chi connectivity index (χ3v) is 7.28. The van der Waals surface area contributed by atoms with E-state index in [2.05, 4.69) is 5.92 Å². The van der Waals surface area contributed by atoms with E-state index in [0.717, 1.165) is 25.7 Å². The van der Waals surface area contributed by atoms with Gasteiger partial charge in [0.1, 0.15) is 7.14 Å². The molecule has 0 bridgehead atoms. The van der Waals surface area contributed by atoms with E-state index in [1.807, 2.05) is 0 Å². The summed E-state index contributed by atoms with van der Waals surface area (Å²) in [5.74, 6) is 1.86. The summed E-state index contributed by atoms with van der Waals surface area (Å²) in [6.45, 7) is -0.00579. The van der Waals surface area contributed by atoms with E-state index in [1.165, 1.54) is 0 Å². The van der Waals surface area contributed by atoms with Crippen LogP contribution in [0.15, 0.2) is 0 Å². The molecular formula is C11H15O3P. The first-order valence-electron chi connectivity index (χ1n) is 5.34. The molecule has 0 radical (unpaired) electrons. The van der Waals surface area contributed by atoms with Gasteiger partial charge in [-0.2, -0.15) is 0 Å². The summed E-state index contributed by atoms with van der Waals surface area (Å²) >= 11 is 0. The van der Waals surface area contributed by atoms with Gasteiger partial charge in [0.25, 0.3) is 0 Å². The zero-order valence-corrected chi connectivity index (χ0v) is 9.54. The van der Waals surface area contributed by atoms with E-state index in [4.69, 9.17) is 11.2 Å². The van der Waals surface area contributed by atoms with Gasteiger partial charge in [-0.05, 0) is 25.7 Å². The second kappa shape index (κ2) is 4.02. The standard InChI is InChI=1S/C11H15O3P/c1-2-7-14-11(12)8-15(13,9-3-4-9)10-5-6-10/h1,9-10H,3-8H2. The van der Waals surface area contributed by atoms with E-state index < -0.39 is 7.14 Å². The lowest BCUT2D eigenvalue weighted by molar-refractivity contribution is -0.139. The summed E-state index contributed by atoms with van der Waals surface area (Å²) in [7, 11) is -2.28. The topological polar surface area (TPSA) is 43.4 Å². The van der Waals surface area contributed by atoms with Crippen LogP contribution in [-0.4, -0.2) is 30.1 Å². The highest BCUT2D eigenvalue weighted by Crippen LogP contribution is 2.70. The van der Waals surface area contributed by atoms with Crippen LogP contribution in [0.4, 0.5) is 0 Å². The molecule has 0 N–H and O–H groups in total. The highest BCUT2D eigenvalue weighted by atomic mass is 31.2. The van der Waals surface area contributed by atoms with Crippen LogP contribution in [0.3, 0.4) is 0 Å². The fourth-order valence-electron chi connectivity index (χ4n) is 1.95. The lowest BCUT2D eigenvalue weighted by Crippen LogP contribution is -2.14. The summed E-state index contributed by atoms with van der Waals surface area (Å²) in [5, 5.41) is 0. The number of esters is 1. The molecule has 2 fully saturated rings. The van der Waals surface area contributed by atoms with Crippen molar-refractivity contribution in [2.45, 2.75) is 37.0 Å². The third kappa shape index (κ3) is 2.44. The van der Waals surface area contributed by atoms with Gasteiger partial charge in [-0.15, -0.1) is 6.42 Å². The normalized spacial score (nSPS) is 20.7. The van der Waals surface area contributed by atoms with Crippen molar-refractivity contribution < 1.29 is 14.1 Å². The van der Waals surface area contributed by atoms with Gasteiger partial charge in [0.15, 0.2) is 6.61 Å². The Bertz CT molecular complexity index is 331. The van der Waals surface area contributed by atoms with Gasteiger partial charge >= 0.3 is 5.97 Å². The molecule has 0 atom stereocenters. The predicted octanol–water partition coefficient (Wildman–Crippen LogP) is 1.85. The van der Waals surface area contributed by atoms with Crippen molar-refractivity contribution in [3.8, 4) is 12.3 Å². The van der Waals surface area contributed by atoms with Gasteiger partial charge in [0.2, 0.25) is 0 Å². The number of terminal acetylenes is 1. The summed E-state index contributed by atoms with van der Waals surface area (Å²) in [5.41, 5.74) is 0.617. The van der Waals surface area contributed by atoms with Gasteiger partial charge in [-0.3, -0.25) is 4.79 Å².